The zero-order valence-electron chi connectivity index (χ0n) is 11.0. The molecule has 20 heavy (non-hydrogen) atoms. The van der Waals surface area contributed by atoms with Crippen molar-refractivity contribution in [2.75, 3.05) is 7.05 Å². The summed E-state index contributed by atoms with van der Waals surface area (Å²) in [6.45, 7) is 0. The predicted octanol–water partition coefficient (Wildman–Crippen LogP) is 3.91. The van der Waals surface area contributed by atoms with E-state index >= 15 is 0 Å². The van der Waals surface area contributed by atoms with Crippen LogP contribution in [0.2, 0.25) is 0 Å². The topological polar surface area (TPSA) is 37.4 Å². The molecule has 2 rings (SSSR count). The van der Waals surface area contributed by atoms with Gasteiger partial charge in [-0.3, -0.25) is 0 Å². The van der Waals surface area contributed by atoms with Crippen molar-refractivity contribution in [2.24, 2.45) is 0 Å². The van der Waals surface area contributed by atoms with Gasteiger partial charge >= 0.3 is 0 Å². The van der Waals surface area contributed by atoms with Gasteiger partial charge < -0.3 is 0 Å². The molecular formula is C13H16Br2FNO2S. The molecule has 0 aliphatic heterocycles. The van der Waals surface area contributed by atoms with Gasteiger partial charge in [-0.2, -0.15) is 4.31 Å². The van der Waals surface area contributed by atoms with Gasteiger partial charge in [0.1, 0.15) is 10.7 Å². The maximum atomic E-state index is 13.9. The lowest BCUT2D eigenvalue weighted by molar-refractivity contribution is 0.296. The van der Waals surface area contributed by atoms with Crippen LogP contribution in [0.1, 0.15) is 25.7 Å². The van der Waals surface area contributed by atoms with Crippen molar-refractivity contribution in [3.63, 3.8) is 0 Å². The Morgan fingerprint density at radius 3 is 2.55 bits per heavy atom. The van der Waals surface area contributed by atoms with Gasteiger partial charge in [0.05, 0.1) is 0 Å². The van der Waals surface area contributed by atoms with Crippen molar-refractivity contribution < 1.29 is 12.8 Å². The Bertz CT molecular complexity index is 594. The molecule has 1 aliphatic carbocycles. The quantitative estimate of drug-likeness (QED) is 0.684. The first kappa shape index (κ1) is 16.4. The number of nitrogens with zero attached hydrogens (tertiary/aromatic N) is 1. The lowest BCUT2D eigenvalue weighted by Crippen LogP contribution is -2.44. The Labute approximate surface area is 135 Å². The van der Waals surface area contributed by atoms with Crippen LogP contribution in [0.4, 0.5) is 4.39 Å². The number of hydrogen-bond donors (Lipinski definition) is 0. The van der Waals surface area contributed by atoms with Crippen LogP contribution in [0.15, 0.2) is 27.6 Å². The highest BCUT2D eigenvalue weighted by Gasteiger charge is 2.35. The maximum absolute atomic E-state index is 13.9. The summed E-state index contributed by atoms with van der Waals surface area (Å²) >= 11 is 6.67. The van der Waals surface area contributed by atoms with Crippen molar-refractivity contribution in [3.05, 3.63) is 28.5 Å². The van der Waals surface area contributed by atoms with E-state index in [0.717, 1.165) is 25.7 Å². The summed E-state index contributed by atoms with van der Waals surface area (Å²) in [7, 11) is -2.28. The third-order valence-electron chi connectivity index (χ3n) is 3.67. The lowest BCUT2D eigenvalue weighted by Gasteiger charge is -2.34. The molecule has 1 aromatic rings. The number of halogens is 3. The van der Waals surface area contributed by atoms with E-state index in [1.807, 2.05) is 0 Å². The molecule has 0 heterocycles. The first-order valence-electron chi connectivity index (χ1n) is 6.41. The second-order valence-electron chi connectivity index (χ2n) is 4.96. The van der Waals surface area contributed by atoms with Gasteiger partial charge in [0.15, 0.2) is 0 Å². The van der Waals surface area contributed by atoms with E-state index in [4.69, 9.17) is 0 Å². The Kier molecular flexibility index (Phi) is 5.26. The van der Waals surface area contributed by atoms with Gasteiger partial charge in [0, 0.05) is 22.4 Å². The van der Waals surface area contributed by atoms with E-state index in [1.165, 1.54) is 29.6 Å². The first-order chi connectivity index (χ1) is 9.34. The van der Waals surface area contributed by atoms with Crippen LogP contribution in [0.3, 0.4) is 0 Å². The highest BCUT2D eigenvalue weighted by molar-refractivity contribution is 9.10. The van der Waals surface area contributed by atoms with Gasteiger partial charge in [-0.25, -0.2) is 12.8 Å². The molecule has 0 aromatic heterocycles. The molecule has 1 fully saturated rings. The molecule has 0 amide bonds. The minimum atomic E-state index is -3.81. The molecular weight excluding hydrogens is 413 g/mol. The number of sulfonamides is 1. The molecule has 0 radical (unpaired) electrons. The van der Waals surface area contributed by atoms with Crippen LogP contribution in [0.25, 0.3) is 0 Å². The minimum absolute atomic E-state index is 0.120. The van der Waals surface area contributed by atoms with Gasteiger partial charge in [-0.15, -0.1) is 0 Å². The van der Waals surface area contributed by atoms with Crippen molar-refractivity contribution >= 4 is 41.9 Å². The average Bonchev–Trinajstić information content (AvgIpc) is 2.38. The summed E-state index contributed by atoms with van der Waals surface area (Å²) in [6, 6.07) is 3.89. The SMILES string of the molecule is CN(C1CCCCC1Br)S(=O)(=O)c1ccc(Br)cc1F. The van der Waals surface area contributed by atoms with Gasteiger partial charge in [0.2, 0.25) is 10.0 Å². The summed E-state index contributed by atoms with van der Waals surface area (Å²) < 4.78 is 40.9. The van der Waals surface area contributed by atoms with Gasteiger partial charge in [-0.1, -0.05) is 44.7 Å². The van der Waals surface area contributed by atoms with Crippen LogP contribution in [-0.4, -0.2) is 30.6 Å². The molecule has 0 N–H and O–H groups in total. The molecule has 1 saturated carbocycles. The van der Waals surface area contributed by atoms with Crippen LogP contribution in [-0.2, 0) is 10.0 Å². The average molecular weight is 429 g/mol. The summed E-state index contributed by atoms with van der Waals surface area (Å²) in [5, 5.41) is 0. The molecule has 112 valence electrons. The normalized spacial score (nSPS) is 24.1. The van der Waals surface area contributed by atoms with Crippen molar-refractivity contribution in [3.8, 4) is 0 Å². The predicted molar refractivity (Wildman–Crippen MR) is 84.0 cm³/mol. The first-order valence-corrected chi connectivity index (χ1v) is 9.56. The Balaban J connectivity index is 2.33. The van der Waals surface area contributed by atoms with Crippen molar-refractivity contribution in [1.29, 1.82) is 0 Å². The number of rotatable bonds is 3. The van der Waals surface area contributed by atoms with Crippen LogP contribution >= 0.6 is 31.9 Å². The molecule has 1 aromatic carbocycles. The molecule has 0 saturated heterocycles. The Morgan fingerprint density at radius 2 is 1.95 bits per heavy atom. The maximum Gasteiger partial charge on any atom is 0.246 e. The summed E-state index contributed by atoms with van der Waals surface area (Å²) in [6.07, 6.45) is 3.82. The summed E-state index contributed by atoms with van der Waals surface area (Å²) in [5.74, 6) is -0.729. The highest BCUT2D eigenvalue weighted by atomic mass is 79.9. The summed E-state index contributed by atoms with van der Waals surface area (Å²) in [5.41, 5.74) is 0. The fourth-order valence-corrected chi connectivity index (χ4v) is 5.39. The molecule has 2 unspecified atom stereocenters. The molecule has 0 bridgehead atoms. The lowest BCUT2D eigenvalue weighted by atomic mass is 9.96. The van der Waals surface area contributed by atoms with Crippen molar-refractivity contribution in [2.45, 2.75) is 41.4 Å². The van der Waals surface area contributed by atoms with Gasteiger partial charge in [-0.05, 0) is 31.0 Å². The fraction of sp³-hybridized carbons (Fsp3) is 0.538. The standard InChI is InChI=1S/C13H16Br2FNO2S/c1-17(12-5-3-2-4-10(12)15)20(18,19)13-7-6-9(14)8-11(13)16/h6-8,10,12H,2-5H2,1H3. The third kappa shape index (κ3) is 3.26. The fourth-order valence-electron chi connectivity index (χ4n) is 2.49. The number of alkyl halides is 1. The minimum Gasteiger partial charge on any atom is -0.207 e. The molecule has 7 heteroatoms. The Morgan fingerprint density at radius 1 is 1.30 bits per heavy atom. The number of benzene rings is 1. The van der Waals surface area contributed by atoms with Crippen molar-refractivity contribution in [1.82, 2.24) is 4.31 Å². The zero-order chi connectivity index (χ0) is 14.9. The van der Waals surface area contributed by atoms with Crippen LogP contribution in [0, 0.1) is 5.82 Å². The third-order valence-corrected chi connectivity index (χ3v) is 7.14. The van der Waals surface area contributed by atoms with E-state index in [9.17, 15) is 12.8 Å². The zero-order valence-corrected chi connectivity index (χ0v) is 15.0. The molecule has 2 atom stereocenters. The highest BCUT2D eigenvalue weighted by Crippen LogP contribution is 2.32. The van der Waals surface area contributed by atoms with E-state index in [1.54, 1.807) is 0 Å². The van der Waals surface area contributed by atoms with Crippen LogP contribution < -0.4 is 0 Å². The summed E-state index contributed by atoms with van der Waals surface area (Å²) in [4.78, 5) is -0.150. The van der Waals surface area contributed by atoms with E-state index in [2.05, 4.69) is 31.9 Å². The van der Waals surface area contributed by atoms with E-state index in [0.29, 0.717) is 4.47 Å². The smallest absolute Gasteiger partial charge is 0.207 e. The van der Waals surface area contributed by atoms with E-state index in [-0.39, 0.29) is 15.8 Å². The second kappa shape index (κ2) is 6.42. The Hall–Kier alpha value is 0.0200. The molecule has 1 aliphatic rings. The second-order valence-corrected chi connectivity index (χ2v) is 9.02. The largest absolute Gasteiger partial charge is 0.246 e. The monoisotopic (exact) mass is 427 g/mol. The van der Waals surface area contributed by atoms with Gasteiger partial charge in [0.25, 0.3) is 0 Å². The number of hydrogen-bond acceptors (Lipinski definition) is 2. The van der Waals surface area contributed by atoms with Crippen LogP contribution in [0.5, 0.6) is 0 Å². The molecule has 3 nitrogen and oxygen atoms in total. The molecule has 0 spiro atoms. The van der Waals surface area contributed by atoms with E-state index < -0.39 is 15.8 Å².